The first-order valence-corrected chi connectivity index (χ1v) is 1.60. The highest BCUT2D eigenvalue weighted by atomic mass is 35.5. The van der Waals surface area contributed by atoms with Crippen LogP contribution in [0.5, 0.6) is 0 Å². The smallest absolute Gasteiger partial charge is 0.243 e. The number of halogens is 1. The molecule has 3 heteroatoms. The summed E-state index contributed by atoms with van der Waals surface area (Å²) in [5.41, 5.74) is 5.09. The molecule has 0 aromatic rings. The zero-order chi connectivity index (χ0) is 5.15. The second-order valence-corrected chi connectivity index (χ2v) is 1.14. The maximum atomic E-state index is 9.82. The van der Waals surface area contributed by atoms with E-state index >= 15 is 0 Å². The summed E-state index contributed by atoms with van der Waals surface area (Å²) >= 11 is 0. The summed E-state index contributed by atoms with van der Waals surface area (Å²) in [5, 5.41) is 0. The number of rotatable bonds is 1. The molecule has 0 bridgehead atoms. The fraction of sp³-hybridized carbons (Fsp3) is 0.250. The molecule has 0 aromatic heterocycles. The second-order valence-electron chi connectivity index (χ2n) is 1.14. The molecule has 0 saturated carbocycles. The largest absolute Gasteiger partial charge is 1.00 e. The topological polar surface area (TPSA) is 43.1 Å². The van der Waals surface area contributed by atoms with Gasteiger partial charge in [0.25, 0.3) is 0 Å². The van der Waals surface area contributed by atoms with E-state index in [1.165, 1.54) is 0 Å². The number of carbonyl (C=O) groups excluding carboxylic acids is 1. The van der Waals surface area contributed by atoms with Crippen molar-refractivity contribution in [2.75, 3.05) is 0 Å². The highest BCUT2D eigenvalue weighted by Crippen LogP contribution is 1.78. The lowest BCUT2D eigenvalue weighted by molar-refractivity contribution is -0.114. The summed E-state index contributed by atoms with van der Waals surface area (Å²) < 4.78 is 0. The van der Waals surface area contributed by atoms with Crippen molar-refractivity contribution in [3.63, 3.8) is 0 Å². The third-order valence-electron chi connectivity index (χ3n) is 0.421. The van der Waals surface area contributed by atoms with E-state index in [1.807, 2.05) is 0 Å². The van der Waals surface area contributed by atoms with Crippen molar-refractivity contribution in [3.05, 3.63) is 12.2 Å². The standard InChI is InChI=1S/C4H7NO.ClH/c1-3(2)4(5)6;/h1H2,2H3,(H2,5,6);1H/p-1. The van der Waals surface area contributed by atoms with E-state index in [-0.39, 0.29) is 12.4 Å². The number of amides is 1. The fourth-order valence-corrected chi connectivity index (χ4v) is 0. The third kappa shape index (κ3) is 5.50. The maximum absolute atomic E-state index is 9.82. The molecule has 0 saturated heterocycles. The zero-order valence-corrected chi connectivity index (χ0v) is 4.83. The molecule has 2 N–H and O–H groups in total. The van der Waals surface area contributed by atoms with E-state index in [0.29, 0.717) is 5.57 Å². The number of carbonyl (C=O) groups is 1. The van der Waals surface area contributed by atoms with Crippen LogP contribution in [0.4, 0.5) is 0 Å². The van der Waals surface area contributed by atoms with E-state index in [1.54, 1.807) is 6.92 Å². The number of nitrogens with two attached hydrogens (primary N) is 1. The van der Waals surface area contributed by atoms with Gasteiger partial charge in [0.2, 0.25) is 5.91 Å². The van der Waals surface area contributed by atoms with Crippen LogP contribution in [-0.4, -0.2) is 5.91 Å². The maximum Gasteiger partial charge on any atom is 0.243 e. The summed E-state index contributed by atoms with van der Waals surface area (Å²) in [4.78, 5) is 9.82. The Bertz CT molecular complexity index is 77.7. The van der Waals surface area contributed by atoms with E-state index in [9.17, 15) is 4.79 Å². The Balaban J connectivity index is 0. The third-order valence-corrected chi connectivity index (χ3v) is 0.421. The second kappa shape index (κ2) is 3.68. The van der Waals surface area contributed by atoms with Gasteiger partial charge in [-0.3, -0.25) is 4.79 Å². The van der Waals surface area contributed by atoms with Crippen molar-refractivity contribution in [1.29, 1.82) is 0 Å². The Morgan fingerprint density at radius 1 is 1.71 bits per heavy atom. The Hall–Kier alpha value is -0.500. The van der Waals surface area contributed by atoms with Crippen LogP contribution in [0.15, 0.2) is 12.2 Å². The Kier molecular flexibility index (Phi) is 5.11. The van der Waals surface area contributed by atoms with Gasteiger partial charge >= 0.3 is 0 Å². The van der Waals surface area contributed by atoms with Crippen molar-refractivity contribution in [2.45, 2.75) is 6.92 Å². The highest BCUT2D eigenvalue weighted by molar-refractivity contribution is 5.90. The van der Waals surface area contributed by atoms with Crippen LogP contribution in [0.2, 0.25) is 0 Å². The van der Waals surface area contributed by atoms with Gasteiger partial charge in [-0.25, -0.2) is 0 Å². The first kappa shape index (κ1) is 9.71. The molecular weight excluding hydrogens is 114 g/mol. The van der Waals surface area contributed by atoms with Crippen LogP contribution in [0, 0.1) is 0 Å². The SMILES string of the molecule is C=C(C)C(N)=O.[Cl-]. The Morgan fingerprint density at radius 2 is 1.86 bits per heavy atom. The van der Waals surface area contributed by atoms with Gasteiger partial charge in [-0.05, 0) is 6.92 Å². The van der Waals surface area contributed by atoms with Crippen LogP contribution in [0.1, 0.15) is 6.92 Å². The monoisotopic (exact) mass is 120 g/mol. The lowest BCUT2D eigenvalue weighted by Crippen LogP contribution is -3.00. The minimum Gasteiger partial charge on any atom is -1.00 e. The molecule has 7 heavy (non-hydrogen) atoms. The van der Waals surface area contributed by atoms with Crippen molar-refractivity contribution in [1.82, 2.24) is 0 Å². The van der Waals surface area contributed by atoms with Gasteiger partial charge in [-0.15, -0.1) is 0 Å². The minimum atomic E-state index is -0.435. The van der Waals surface area contributed by atoms with Gasteiger partial charge in [0.1, 0.15) is 0 Å². The highest BCUT2D eigenvalue weighted by Gasteiger charge is 1.86. The van der Waals surface area contributed by atoms with Crippen molar-refractivity contribution < 1.29 is 17.2 Å². The molecule has 42 valence electrons. The normalized spacial score (nSPS) is 6.43. The number of primary amides is 1. The van der Waals surface area contributed by atoms with Crippen molar-refractivity contribution in [3.8, 4) is 0 Å². The number of hydrogen-bond acceptors (Lipinski definition) is 1. The molecule has 0 atom stereocenters. The quantitative estimate of drug-likeness (QED) is 0.370. The van der Waals surface area contributed by atoms with Crippen molar-refractivity contribution >= 4 is 5.91 Å². The van der Waals surface area contributed by atoms with Gasteiger partial charge in [-0.2, -0.15) is 0 Å². The van der Waals surface area contributed by atoms with Gasteiger partial charge in [0, 0.05) is 5.57 Å². The summed E-state index contributed by atoms with van der Waals surface area (Å²) in [5.74, 6) is -0.435. The summed E-state index contributed by atoms with van der Waals surface area (Å²) in [6.45, 7) is 4.85. The van der Waals surface area contributed by atoms with E-state index < -0.39 is 5.91 Å². The zero-order valence-electron chi connectivity index (χ0n) is 4.07. The molecule has 0 aliphatic heterocycles. The molecule has 0 fully saturated rings. The Morgan fingerprint density at radius 3 is 1.86 bits per heavy atom. The molecule has 1 amide bonds. The molecule has 0 aromatic carbocycles. The molecule has 0 aliphatic rings. The predicted molar refractivity (Wildman–Crippen MR) is 24.0 cm³/mol. The van der Waals surface area contributed by atoms with Crippen LogP contribution >= 0.6 is 0 Å². The van der Waals surface area contributed by atoms with Crippen LogP contribution in [0.3, 0.4) is 0 Å². The Labute approximate surface area is 48.8 Å². The average molecular weight is 121 g/mol. The van der Waals surface area contributed by atoms with Crippen LogP contribution in [0.25, 0.3) is 0 Å². The molecule has 2 nitrogen and oxygen atoms in total. The van der Waals surface area contributed by atoms with E-state index in [4.69, 9.17) is 5.73 Å². The van der Waals surface area contributed by atoms with Gasteiger partial charge in [-0.1, -0.05) is 6.58 Å². The number of hydrogen-bond donors (Lipinski definition) is 1. The molecule has 0 unspecified atom stereocenters. The predicted octanol–water partition coefficient (Wildman–Crippen LogP) is -2.95. The lowest BCUT2D eigenvalue weighted by Gasteiger charge is -1.81. The molecule has 0 aliphatic carbocycles. The first-order chi connectivity index (χ1) is 2.64. The fourth-order valence-electron chi connectivity index (χ4n) is 0. The minimum absolute atomic E-state index is 0. The molecule has 0 heterocycles. The van der Waals surface area contributed by atoms with Gasteiger partial charge in [0.05, 0.1) is 0 Å². The van der Waals surface area contributed by atoms with Crippen molar-refractivity contribution in [2.24, 2.45) is 5.73 Å². The summed E-state index contributed by atoms with van der Waals surface area (Å²) in [6, 6.07) is 0. The lowest BCUT2D eigenvalue weighted by atomic mass is 10.3. The average Bonchev–Trinajstić information content (AvgIpc) is 1.36. The molecule has 0 spiro atoms. The van der Waals surface area contributed by atoms with Gasteiger partial charge < -0.3 is 18.1 Å². The molecule has 0 rings (SSSR count). The van der Waals surface area contributed by atoms with E-state index in [0.717, 1.165) is 0 Å². The van der Waals surface area contributed by atoms with Crippen LogP contribution < -0.4 is 18.1 Å². The molecular formula is C4H7ClNO-. The summed E-state index contributed by atoms with van der Waals surface area (Å²) in [6.07, 6.45) is 0. The van der Waals surface area contributed by atoms with Crippen LogP contribution in [-0.2, 0) is 4.79 Å². The first-order valence-electron chi connectivity index (χ1n) is 1.60. The van der Waals surface area contributed by atoms with Gasteiger partial charge in [0.15, 0.2) is 0 Å². The molecule has 0 radical (unpaired) electrons. The van der Waals surface area contributed by atoms with E-state index in [2.05, 4.69) is 6.58 Å². The summed E-state index contributed by atoms with van der Waals surface area (Å²) in [7, 11) is 0.